The van der Waals surface area contributed by atoms with E-state index in [9.17, 15) is 14.4 Å². The summed E-state index contributed by atoms with van der Waals surface area (Å²) in [6, 6.07) is 0. The summed E-state index contributed by atoms with van der Waals surface area (Å²) in [5.41, 5.74) is 0. The molecule has 0 heterocycles. The molecule has 0 aromatic heterocycles. The van der Waals surface area contributed by atoms with Gasteiger partial charge in [-0.05, 0) is 77.0 Å². The van der Waals surface area contributed by atoms with Crippen molar-refractivity contribution in [3.05, 3.63) is 36.5 Å². The van der Waals surface area contributed by atoms with E-state index in [1.807, 2.05) is 0 Å². The van der Waals surface area contributed by atoms with Crippen LogP contribution in [0.2, 0.25) is 0 Å². The van der Waals surface area contributed by atoms with Crippen molar-refractivity contribution >= 4 is 17.9 Å². The SMILES string of the molecule is CCCCC/C=C\C/C=C\CCCCCCCC(=O)OC[C@H](COC(=O)CCCCCCCCC/C=C\CCCCCCCCCC)OC(=O)CCCCCCCCCCCCCCCCCC. The van der Waals surface area contributed by atoms with Crippen LogP contribution in [-0.4, -0.2) is 37.2 Å². The summed E-state index contributed by atoms with van der Waals surface area (Å²) in [6.45, 7) is 6.65. The predicted octanol–water partition coefficient (Wildman–Crippen LogP) is 20.0. The van der Waals surface area contributed by atoms with Crippen molar-refractivity contribution in [1.82, 2.24) is 0 Å². The minimum atomic E-state index is -0.777. The number of allylic oxidation sites excluding steroid dienone is 6. The molecular weight excluding hydrogens is 841 g/mol. The van der Waals surface area contributed by atoms with E-state index >= 15 is 0 Å². The van der Waals surface area contributed by atoms with E-state index < -0.39 is 6.10 Å². The Kier molecular flexibility index (Phi) is 55.2. The Morgan fingerprint density at radius 1 is 0.294 bits per heavy atom. The third-order valence-corrected chi connectivity index (χ3v) is 13.4. The molecule has 0 unspecified atom stereocenters. The first-order chi connectivity index (χ1) is 33.5. The molecule has 0 rings (SSSR count). The van der Waals surface area contributed by atoms with Crippen molar-refractivity contribution in [3.63, 3.8) is 0 Å². The van der Waals surface area contributed by atoms with Crippen LogP contribution in [0.15, 0.2) is 36.5 Å². The highest BCUT2D eigenvalue weighted by Crippen LogP contribution is 2.17. The molecule has 0 aliphatic rings. The number of ether oxygens (including phenoxy) is 3. The first-order valence-corrected chi connectivity index (χ1v) is 30.0. The molecular formula is C62H114O6. The fraction of sp³-hybridized carbons (Fsp3) is 0.855. The Bertz CT molecular complexity index is 1140. The first kappa shape index (κ1) is 65.6. The Morgan fingerprint density at radius 3 is 0.853 bits per heavy atom. The molecule has 0 saturated carbocycles. The third-order valence-electron chi connectivity index (χ3n) is 13.4. The van der Waals surface area contributed by atoms with Crippen molar-refractivity contribution in [2.45, 2.75) is 329 Å². The van der Waals surface area contributed by atoms with Gasteiger partial charge in [0.25, 0.3) is 0 Å². The molecule has 0 aromatic rings. The van der Waals surface area contributed by atoms with Gasteiger partial charge in [0, 0.05) is 19.3 Å². The second-order valence-electron chi connectivity index (χ2n) is 20.3. The van der Waals surface area contributed by atoms with E-state index in [1.54, 1.807) is 0 Å². The zero-order chi connectivity index (χ0) is 49.3. The summed E-state index contributed by atoms with van der Waals surface area (Å²) in [7, 11) is 0. The zero-order valence-corrected chi connectivity index (χ0v) is 45.6. The highest BCUT2D eigenvalue weighted by atomic mass is 16.6. The Labute approximate surface area is 423 Å². The average Bonchev–Trinajstić information content (AvgIpc) is 3.34. The van der Waals surface area contributed by atoms with Crippen LogP contribution in [0.5, 0.6) is 0 Å². The zero-order valence-electron chi connectivity index (χ0n) is 45.6. The molecule has 6 heteroatoms. The van der Waals surface area contributed by atoms with E-state index in [4.69, 9.17) is 14.2 Å². The van der Waals surface area contributed by atoms with Gasteiger partial charge in [-0.25, -0.2) is 0 Å². The first-order valence-electron chi connectivity index (χ1n) is 30.0. The van der Waals surface area contributed by atoms with Crippen molar-refractivity contribution in [2.75, 3.05) is 13.2 Å². The molecule has 1 atom stereocenters. The van der Waals surface area contributed by atoms with Crippen LogP contribution in [0, 0.1) is 0 Å². The van der Waals surface area contributed by atoms with Gasteiger partial charge in [-0.1, -0.05) is 263 Å². The fourth-order valence-corrected chi connectivity index (χ4v) is 8.82. The van der Waals surface area contributed by atoms with Crippen LogP contribution in [-0.2, 0) is 28.6 Å². The summed E-state index contributed by atoms with van der Waals surface area (Å²) >= 11 is 0. The number of unbranched alkanes of at least 4 members (excludes halogenated alkanes) is 38. The quantitative estimate of drug-likeness (QED) is 0.0262. The molecule has 0 aliphatic carbocycles. The molecule has 0 aliphatic heterocycles. The molecule has 0 amide bonds. The van der Waals surface area contributed by atoms with Crippen LogP contribution in [0.1, 0.15) is 323 Å². The van der Waals surface area contributed by atoms with E-state index in [2.05, 4.69) is 57.2 Å². The lowest BCUT2D eigenvalue weighted by Crippen LogP contribution is -2.30. The summed E-state index contributed by atoms with van der Waals surface area (Å²) in [5.74, 6) is -0.874. The van der Waals surface area contributed by atoms with Gasteiger partial charge in [0.05, 0.1) is 0 Å². The molecule has 68 heavy (non-hydrogen) atoms. The predicted molar refractivity (Wildman–Crippen MR) is 293 cm³/mol. The van der Waals surface area contributed by atoms with Crippen molar-refractivity contribution in [1.29, 1.82) is 0 Å². The number of hydrogen-bond donors (Lipinski definition) is 0. The van der Waals surface area contributed by atoms with Gasteiger partial charge in [0.2, 0.25) is 0 Å². The highest BCUT2D eigenvalue weighted by molar-refractivity contribution is 5.71. The van der Waals surface area contributed by atoms with Crippen LogP contribution < -0.4 is 0 Å². The Balaban J connectivity index is 4.35. The lowest BCUT2D eigenvalue weighted by atomic mass is 10.0. The number of carbonyl (C=O) groups is 3. The van der Waals surface area contributed by atoms with Crippen LogP contribution in [0.25, 0.3) is 0 Å². The molecule has 0 bridgehead atoms. The molecule has 398 valence electrons. The summed E-state index contributed by atoms with van der Waals surface area (Å²) in [4.78, 5) is 38.2. The molecule has 0 radical (unpaired) electrons. The van der Waals surface area contributed by atoms with Gasteiger partial charge in [0.15, 0.2) is 6.10 Å². The summed E-state index contributed by atoms with van der Waals surface area (Å²) < 4.78 is 16.9. The minimum Gasteiger partial charge on any atom is -0.462 e. The molecule has 0 N–H and O–H groups in total. The summed E-state index contributed by atoms with van der Waals surface area (Å²) in [5, 5.41) is 0. The number of hydrogen-bond acceptors (Lipinski definition) is 6. The molecule has 0 fully saturated rings. The Morgan fingerprint density at radius 2 is 0.529 bits per heavy atom. The van der Waals surface area contributed by atoms with Crippen molar-refractivity contribution in [3.8, 4) is 0 Å². The van der Waals surface area contributed by atoms with E-state index in [-0.39, 0.29) is 31.1 Å². The molecule has 0 saturated heterocycles. The van der Waals surface area contributed by atoms with Gasteiger partial charge >= 0.3 is 17.9 Å². The standard InChI is InChI=1S/C62H114O6/c1-4-7-10-13-16-19-22-25-28-30-31-32-35-37-40-43-46-49-52-55-61(64)67-58-59(57-66-60(63)54-51-48-45-42-39-36-33-27-24-21-18-15-12-9-6-3)68-62(65)56-53-50-47-44-41-38-34-29-26-23-20-17-14-11-8-5-2/h18,21,27,30-31,33,59H,4-17,19-20,22-26,28-29,32,34-58H2,1-3H3/b21-18-,31-30-,33-27-/t59-/m1/s1. The lowest BCUT2D eigenvalue weighted by molar-refractivity contribution is -0.167. The second-order valence-corrected chi connectivity index (χ2v) is 20.3. The lowest BCUT2D eigenvalue weighted by Gasteiger charge is -2.18. The monoisotopic (exact) mass is 955 g/mol. The number of rotatable bonds is 55. The van der Waals surface area contributed by atoms with Crippen LogP contribution >= 0.6 is 0 Å². The normalized spacial score (nSPS) is 12.2. The largest absolute Gasteiger partial charge is 0.462 e. The van der Waals surface area contributed by atoms with Gasteiger partial charge in [-0.15, -0.1) is 0 Å². The van der Waals surface area contributed by atoms with Crippen molar-refractivity contribution in [2.24, 2.45) is 0 Å². The molecule has 6 nitrogen and oxygen atoms in total. The third kappa shape index (κ3) is 54.6. The van der Waals surface area contributed by atoms with E-state index in [1.165, 1.54) is 205 Å². The smallest absolute Gasteiger partial charge is 0.306 e. The minimum absolute atomic E-state index is 0.0753. The fourth-order valence-electron chi connectivity index (χ4n) is 8.82. The average molecular weight is 956 g/mol. The maximum atomic E-state index is 12.9. The van der Waals surface area contributed by atoms with Gasteiger partial charge in [-0.3, -0.25) is 14.4 Å². The van der Waals surface area contributed by atoms with Crippen LogP contribution in [0.3, 0.4) is 0 Å². The van der Waals surface area contributed by atoms with Gasteiger partial charge in [-0.2, -0.15) is 0 Å². The molecule has 0 spiro atoms. The maximum Gasteiger partial charge on any atom is 0.306 e. The Hall–Kier alpha value is -2.37. The summed E-state index contributed by atoms with van der Waals surface area (Å²) in [6.07, 6.45) is 68.5. The van der Waals surface area contributed by atoms with Gasteiger partial charge in [0.1, 0.15) is 13.2 Å². The topological polar surface area (TPSA) is 78.9 Å². The van der Waals surface area contributed by atoms with E-state index in [0.717, 1.165) is 77.0 Å². The van der Waals surface area contributed by atoms with E-state index in [0.29, 0.717) is 19.3 Å². The van der Waals surface area contributed by atoms with Crippen LogP contribution in [0.4, 0.5) is 0 Å². The second kappa shape index (κ2) is 57.2. The number of carbonyl (C=O) groups excluding carboxylic acids is 3. The highest BCUT2D eigenvalue weighted by Gasteiger charge is 2.19. The maximum absolute atomic E-state index is 12.9. The van der Waals surface area contributed by atoms with Crippen molar-refractivity contribution < 1.29 is 28.6 Å². The van der Waals surface area contributed by atoms with Gasteiger partial charge < -0.3 is 14.2 Å². The molecule has 0 aromatic carbocycles. The number of esters is 3.